The summed E-state index contributed by atoms with van der Waals surface area (Å²) >= 11 is 0. The van der Waals surface area contributed by atoms with E-state index >= 15 is 0 Å². The van der Waals surface area contributed by atoms with Gasteiger partial charge in [-0.3, -0.25) is 4.84 Å². The molecule has 6 heteroatoms. The molecule has 0 radical (unpaired) electrons. The monoisotopic (exact) mass is 287 g/mol. The Bertz CT molecular complexity index is 336. The number of unbranched alkanes of at least 4 members (excludes halogenated alkanes) is 2. The molecule has 0 bridgehead atoms. The van der Waals surface area contributed by atoms with Gasteiger partial charge < -0.3 is 11.1 Å². The molecule has 0 aliphatic heterocycles. The highest BCUT2D eigenvalue weighted by Gasteiger charge is 1.99. The molecule has 0 heterocycles. The Morgan fingerprint density at radius 1 is 1.16 bits per heavy atom. The number of nitrogens with one attached hydrogen (secondary N) is 2. The van der Waals surface area contributed by atoms with Crippen LogP contribution < -0.4 is 16.5 Å². The normalized spacial score (nSPS) is 9.53. The standard InChI is InChI=1S/C13H21N3O2.ClH/c14-9-5-2-6-10-15-13(17)16-18-11-12-7-3-1-4-8-12;/h1,3-4,7-8H,2,5-6,9-11,14H2,(H2,15,16,17);1H. The lowest BCUT2D eigenvalue weighted by Crippen LogP contribution is -2.35. The average molecular weight is 288 g/mol. The fraction of sp³-hybridized carbons (Fsp3) is 0.462. The summed E-state index contributed by atoms with van der Waals surface area (Å²) in [5.41, 5.74) is 8.73. The molecule has 0 saturated carbocycles. The number of hydroxylamine groups is 1. The van der Waals surface area contributed by atoms with E-state index in [1.54, 1.807) is 0 Å². The van der Waals surface area contributed by atoms with E-state index in [1.165, 1.54) is 0 Å². The Balaban J connectivity index is 0.00000324. The summed E-state index contributed by atoms with van der Waals surface area (Å²) in [6.45, 7) is 1.70. The molecule has 0 aliphatic carbocycles. The molecular formula is C13H22ClN3O2. The Kier molecular flexibility index (Phi) is 11.0. The van der Waals surface area contributed by atoms with Gasteiger partial charge in [-0.15, -0.1) is 12.4 Å². The van der Waals surface area contributed by atoms with E-state index in [4.69, 9.17) is 10.6 Å². The van der Waals surface area contributed by atoms with Crippen molar-refractivity contribution in [2.24, 2.45) is 5.73 Å². The molecule has 1 rings (SSSR count). The lowest BCUT2D eigenvalue weighted by atomic mass is 10.2. The highest BCUT2D eigenvalue weighted by molar-refractivity contribution is 5.85. The molecule has 19 heavy (non-hydrogen) atoms. The topological polar surface area (TPSA) is 76.4 Å². The number of urea groups is 1. The van der Waals surface area contributed by atoms with Crippen LogP contribution in [0.4, 0.5) is 4.79 Å². The fourth-order valence-electron chi connectivity index (χ4n) is 1.44. The van der Waals surface area contributed by atoms with Gasteiger partial charge in [-0.2, -0.15) is 0 Å². The second kappa shape index (κ2) is 11.8. The van der Waals surface area contributed by atoms with Crippen LogP contribution in [0.1, 0.15) is 24.8 Å². The van der Waals surface area contributed by atoms with Crippen molar-refractivity contribution < 1.29 is 9.63 Å². The van der Waals surface area contributed by atoms with Crippen LogP contribution in [0.5, 0.6) is 0 Å². The van der Waals surface area contributed by atoms with Gasteiger partial charge in [-0.25, -0.2) is 10.3 Å². The van der Waals surface area contributed by atoms with Gasteiger partial charge in [0.1, 0.15) is 0 Å². The maximum absolute atomic E-state index is 11.3. The van der Waals surface area contributed by atoms with Gasteiger partial charge in [-0.1, -0.05) is 36.8 Å². The second-order valence-corrected chi connectivity index (χ2v) is 3.98. The largest absolute Gasteiger partial charge is 0.338 e. The predicted molar refractivity (Wildman–Crippen MR) is 77.9 cm³/mol. The third-order valence-electron chi connectivity index (χ3n) is 2.41. The van der Waals surface area contributed by atoms with E-state index in [2.05, 4.69) is 10.8 Å². The molecule has 4 N–H and O–H groups in total. The van der Waals surface area contributed by atoms with Crippen LogP contribution in [-0.4, -0.2) is 19.1 Å². The van der Waals surface area contributed by atoms with Crippen LogP contribution in [0.2, 0.25) is 0 Å². The van der Waals surface area contributed by atoms with E-state index in [0.717, 1.165) is 24.8 Å². The van der Waals surface area contributed by atoms with Crippen molar-refractivity contribution in [3.63, 3.8) is 0 Å². The maximum atomic E-state index is 11.3. The molecule has 108 valence electrons. The van der Waals surface area contributed by atoms with Gasteiger partial charge in [0.05, 0.1) is 6.61 Å². The van der Waals surface area contributed by atoms with Gasteiger partial charge in [-0.05, 0) is 24.9 Å². The number of carbonyl (C=O) groups is 1. The summed E-state index contributed by atoms with van der Waals surface area (Å²) in [5, 5.41) is 2.71. The molecule has 0 fully saturated rings. The minimum atomic E-state index is -0.307. The van der Waals surface area contributed by atoms with Gasteiger partial charge in [0, 0.05) is 6.54 Å². The Labute approximate surface area is 120 Å². The molecule has 0 aliphatic rings. The van der Waals surface area contributed by atoms with Crippen LogP contribution in [0.15, 0.2) is 30.3 Å². The minimum Gasteiger partial charge on any atom is -0.336 e. The van der Waals surface area contributed by atoms with Crippen molar-refractivity contribution in [3.05, 3.63) is 35.9 Å². The highest BCUT2D eigenvalue weighted by atomic mass is 35.5. The lowest BCUT2D eigenvalue weighted by molar-refractivity contribution is 0.0491. The maximum Gasteiger partial charge on any atom is 0.338 e. The number of carbonyl (C=O) groups excluding carboxylic acids is 1. The number of amides is 2. The first-order valence-corrected chi connectivity index (χ1v) is 6.22. The molecule has 1 aromatic carbocycles. The van der Waals surface area contributed by atoms with Crippen LogP contribution in [-0.2, 0) is 11.4 Å². The summed E-state index contributed by atoms with van der Waals surface area (Å²) in [7, 11) is 0. The third kappa shape index (κ3) is 9.30. The van der Waals surface area contributed by atoms with Crippen LogP contribution in [0.3, 0.4) is 0 Å². The van der Waals surface area contributed by atoms with E-state index in [1.807, 2.05) is 30.3 Å². The van der Waals surface area contributed by atoms with Crippen LogP contribution in [0, 0.1) is 0 Å². The number of nitrogens with two attached hydrogens (primary N) is 1. The summed E-state index contributed by atoms with van der Waals surface area (Å²) in [4.78, 5) is 16.4. The van der Waals surface area contributed by atoms with Crippen LogP contribution in [0.25, 0.3) is 0 Å². The average Bonchev–Trinajstić information content (AvgIpc) is 2.40. The number of hydrogen-bond acceptors (Lipinski definition) is 3. The zero-order valence-corrected chi connectivity index (χ0v) is 11.7. The molecule has 0 aromatic heterocycles. The van der Waals surface area contributed by atoms with Crippen molar-refractivity contribution >= 4 is 18.4 Å². The first kappa shape index (κ1) is 17.7. The number of rotatable bonds is 8. The quantitative estimate of drug-likeness (QED) is 0.505. The molecule has 0 atom stereocenters. The summed E-state index contributed by atoms with van der Waals surface area (Å²) < 4.78 is 0. The Morgan fingerprint density at radius 3 is 2.58 bits per heavy atom. The number of halogens is 1. The fourth-order valence-corrected chi connectivity index (χ4v) is 1.44. The van der Waals surface area contributed by atoms with Crippen molar-refractivity contribution in [3.8, 4) is 0 Å². The molecule has 1 aromatic rings. The molecule has 0 unspecified atom stereocenters. The molecule has 0 saturated heterocycles. The van der Waals surface area contributed by atoms with Crippen molar-refractivity contribution in [2.75, 3.05) is 13.1 Å². The van der Waals surface area contributed by atoms with Gasteiger partial charge in [0.15, 0.2) is 0 Å². The van der Waals surface area contributed by atoms with Gasteiger partial charge in [0.25, 0.3) is 0 Å². The van der Waals surface area contributed by atoms with Crippen molar-refractivity contribution in [2.45, 2.75) is 25.9 Å². The van der Waals surface area contributed by atoms with E-state index in [-0.39, 0.29) is 18.4 Å². The third-order valence-corrected chi connectivity index (χ3v) is 2.41. The highest BCUT2D eigenvalue weighted by Crippen LogP contribution is 1.98. The first-order chi connectivity index (χ1) is 8.83. The van der Waals surface area contributed by atoms with Crippen molar-refractivity contribution in [1.82, 2.24) is 10.8 Å². The number of hydrogen-bond donors (Lipinski definition) is 3. The van der Waals surface area contributed by atoms with Gasteiger partial charge in [0.2, 0.25) is 0 Å². The van der Waals surface area contributed by atoms with E-state index in [9.17, 15) is 4.79 Å². The first-order valence-electron chi connectivity index (χ1n) is 6.22. The molecule has 0 spiro atoms. The van der Waals surface area contributed by atoms with E-state index in [0.29, 0.717) is 19.7 Å². The summed E-state index contributed by atoms with van der Waals surface area (Å²) in [6.07, 6.45) is 2.96. The molecule has 5 nitrogen and oxygen atoms in total. The SMILES string of the molecule is Cl.NCCCCCNC(=O)NOCc1ccccc1. The summed E-state index contributed by atoms with van der Waals surface area (Å²) in [6, 6.07) is 9.36. The second-order valence-electron chi connectivity index (χ2n) is 3.98. The number of benzene rings is 1. The lowest BCUT2D eigenvalue weighted by Gasteiger charge is -2.07. The smallest absolute Gasteiger partial charge is 0.336 e. The van der Waals surface area contributed by atoms with Gasteiger partial charge >= 0.3 is 6.03 Å². The zero-order chi connectivity index (χ0) is 13.1. The Morgan fingerprint density at radius 2 is 1.89 bits per heavy atom. The minimum absolute atomic E-state index is 0. The van der Waals surface area contributed by atoms with Crippen LogP contribution >= 0.6 is 12.4 Å². The molecular weight excluding hydrogens is 266 g/mol. The van der Waals surface area contributed by atoms with E-state index < -0.39 is 0 Å². The van der Waals surface area contributed by atoms with Crippen molar-refractivity contribution in [1.29, 1.82) is 0 Å². The predicted octanol–water partition coefficient (Wildman–Crippen LogP) is 1.97. The summed E-state index contributed by atoms with van der Waals surface area (Å²) in [5.74, 6) is 0. The molecule has 2 amide bonds. The zero-order valence-electron chi connectivity index (χ0n) is 10.9. The Hall–Kier alpha value is -1.30.